The summed E-state index contributed by atoms with van der Waals surface area (Å²) in [6, 6.07) is 11.5. The maximum absolute atomic E-state index is 13.9. The summed E-state index contributed by atoms with van der Waals surface area (Å²) in [6.45, 7) is 1.78. The van der Waals surface area contributed by atoms with Crippen LogP contribution in [0.1, 0.15) is 41.0 Å². The maximum Gasteiger partial charge on any atom is 0.151 e. The molecule has 0 aromatic heterocycles. The van der Waals surface area contributed by atoms with Gasteiger partial charge in [0.25, 0.3) is 0 Å². The second kappa shape index (κ2) is 6.23. The van der Waals surface area contributed by atoms with Crippen LogP contribution in [0.25, 0.3) is 0 Å². The van der Waals surface area contributed by atoms with Gasteiger partial charge in [-0.15, -0.1) is 0 Å². The Morgan fingerprint density at radius 2 is 1.77 bits per heavy atom. The molecule has 0 atom stereocenters. The van der Waals surface area contributed by atoms with Gasteiger partial charge in [0.15, 0.2) is 5.82 Å². The Labute approximate surface area is 134 Å². The van der Waals surface area contributed by atoms with Crippen molar-refractivity contribution < 1.29 is 4.39 Å². The molecule has 22 heavy (non-hydrogen) atoms. The zero-order chi connectivity index (χ0) is 15.5. The maximum atomic E-state index is 13.9. The van der Waals surface area contributed by atoms with Crippen molar-refractivity contribution in [2.45, 2.75) is 25.7 Å². The average Bonchev–Trinajstić information content (AvgIpc) is 3.34. The summed E-state index contributed by atoms with van der Waals surface area (Å²) in [6.07, 6.45) is 2.58. The zero-order valence-electron chi connectivity index (χ0n) is 12.2. The van der Waals surface area contributed by atoms with Crippen molar-refractivity contribution in [1.82, 2.24) is 0 Å². The molecule has 0 saturated heterocycles. The highest BCUT2D eigenvalue weighted by atomic mass is 32.1. The highest BCUT2D eigenvalue weighted by Gasteiger charge is 2.22. The SMILES string of the molecule is Cc1cc(C#Cc2ccc(C3CC3)cc2)cc(F)c1N=C=S. The van der Waals surface area contributed by atoms with Crippen molar-refractivity contribution in [1.29, 1.82) is 0 Å². The van der Waals surface area contributed by atoms with Gasteiger partial charge in [0.1, 0.15) is 5.69 Å². The largest absolute Gasteiger partial charge is 0.205 e. The molecule has 0 unspecified atom stereocenters. The lowest BCUT2D eigenvalue weighted by molar-refractivity contribution is 0.628. The number of halogens is 1. The van der Waals surface area contributed by atoms with Crippen molar-refractivity contribution in [3.8, 4) is 11.8 Å². The van der Waals surface area contributed by atoms with Gasteiger partial charge in [-0.25, -0.2) is 4.39 Å². The molecule has 0 radical (unpaired) electrons. The van der Waals surface area contributed by atoms with Crippen LogP contribution in [0.15, 0.2) is 41.4 Å². The first-order chi connectivity index (χ1) is 10.7. The third kappa shape index (κ3) is 3.31. The Balaban J connectivity index is 1.85. The number of benzene rings is 2. The first kappa shape index (κ1) is 14.7. The molecule has 2 aromatic carbocycles. The van der Waals surface area contributed by atoms with Crippen LogP contribution in [0.5, 0.6) is 0 Å². The lowest BCUT2D eigenvalue weighted by Gasteiger charge is -2.01. The number of aliphatic imine (C=N–C) groups is 1. The smallest absolute Gasteiger partial charge is 0.151 e. The van der Waals surface area contributed by atoms with E-state index in [2.05, 4.69) is 46.3 Å². The molecule has 3 rings (SSSR count). The Morgan fingerprint density at radius 3 is 2.36 bits per heavy atom. The fourth-order valence-corrected chi connectivity index (χ4v) is 2.49. The van der Waals surface area contributed by atoms with Gasteiger partial charge < -0.3 is 0 Å². The molecule has 1 saturated carbocycles. The Morgan fingerprint density at radius 1 is 1.09 bits per heavy atom. The molecule has 0 amide bonds. The predicted molar refractivity (Wildman–Crippen MR) is 90.2 cm³/mol. The van der Waals surface area contributed by atoms with E-state index >= 15 is 0 Å². The minimum Gasteiger partial charge on any atom is -0.205 e. The Kier molecular flexibility index (Phi) is 4.15. The van der Waals surface area contributed by atoms with Crippen LogP contribution >= 0.6 is 12.2 Å². The molecular weight excluding hydrogens is 293 g/mol. The minimum atomic E-state index is -0.425. The molecule has 0 N–H and O–H groups in total. The highest BCUT2D eigenvalue weighted by Crippen LogP contribution is 2.39. The molecule has 0 spiro atoms. The van der Waals surface area contributed by atoms with Crippen LogP contribution in [0.4, 0.5) is 10.1 Å². The third-order valence-electron chi connectivity index (χ3n) is 3.72. The van der Waals surface area contributed by atoms with Crippen LogP contribution in [-0.4, -0.2) is 5.16 Å². The van der Waals surface area contributed by atoms with E-state index in [1.807, 2.05) is 12.1 Å². The van der Waals surface area contributed by atoms with E-state index in [0.29, 0.717) is 11.1 Å². The van der Waals surface area contributed by atoms with Crippen LogP contribution < -0.4 is 0 Å². The van der Waals surface area contributed by atoms with Crippen molar-refractivity contribution >= 4 is 23.1 Å². The zero-order valence-corrected chi connectivity index (χ0v) is 13.0. The standard InChI is InChI=1S/C19H14FNS/c1-13-10-15(11-18(20)19(13)21-12-22)3-2-14-4-6-16(7-5-14)17-8-9-17/h4-7,10-11,17H,8-9H2,1H3. The number of isothiocyanates is 1. The molecule has 1 aliphatic rings. The second-order valence-electron chi connectivity index (χ2n) is 5.47. The number of aryl methyl sites for hydroxylation is 1. The molecule has 1 aliphatic carbocycles. The Hall–Kier alpha value is -2.27. The molecule has 2 aromatic rings. The molecular formula is C19H14FNS. The van der Waals surface area contributed by atoms with Gasteiger partial charge in [0.2, 0.25) is 0 Å². The van der Waals surface area contributed by atoms with Gasteiger partial charge in [0.05, 0.1) is 5.16 Å². The number of nitrogens with zero attached hydrogens (tertiary/aromatic N) is 1. The molecule has 1 fully saturated rings. The van der Waals surface area contributed by atoms with E-state index < -0.39 is 5.82 Å². The van der Waals surface area contributed by atoms with Gasteiger partial charge in [-0.1, -0.05) is 24.0 Å². The van der Waals surface area contributed by atoms with E-state index in [4.69, 9.17) is 0 Å². The summed E-state index contributed by atoms with van der Waals surface area (Å²) in [5.74, 6) is 6.39. The summed E-state index contributed by atoms with van der Waals surface area (Å²) < 4.78 is 13.9. The van der Waals surface area contributed by atoms with E-state index in [1.165, 1.54) is 24.5 Å². The monoisotopic (exact) mass is 307 g/mol. The fraction of sp³-hybridized carbons (Fsp3) is 0.211. The predicted octanol–water partition coefficient (Wildman–Crippen LogP) is 5.15. The number of hydrogen-bond donors (Lipinski definition) is 0. The van der Waals surface area contributed by atoms with Crippen molar-refractivity contribution in [3.05, 3.63) is 64.5 Å². The third-order valence-corrected chi connectivity index (χ3v) is 3.81. The lowest BCUT2D eigenvalue weighted by Crippen LogP contribution is -1.86. The van der Waals surface area contributed by atoms with Gasteiger partial charge in [-0.2, -0.15) is 4.99 Å². The molecule has 3 heteroatoms. The number of hydrogen-bond acceptors (Lipinski definition) is 2. The van der Waals surface area contributed by atoms with Gasteiger partial charge >= 0.3 is 0 Å². The van der Waals surface area contributed by atoms with Crippen molar-refractivity contribution in [2.75, 3.05) is 0 Å². The topological polar surface area (TPSA) is 12.4 Å². The Bertz CT molecular complexity index is 794. The number of rotatable bonds is 2. The van der Waals surface area contributed by atoms with E-state index in [-0.39, 0.29) is 5.69 Å². The van der Waals surface area contributed by atoms with Crippen LogP contribution in [-0.2, 0) is 0 Å². The fourth-order valence-electron chi connectivity index (χ4n) is 2.40. The van der Waals surface area contributed by atoms with E-state index in [1.54, 1.807) is 13.0 Å². The highest BCUT2D eigenvalue weighted by molar-refractivity contribution is 7.78. The number of thiocarbonyl (C=S) groups is 1. The first-order valence-corrected chi connectivity index (χ1v) is 7.58. The molecule has 1 nitrogen and oxygen atoms in total. The summed E-state index contributed by atoms with van der Waals surface area (Å²) in [7, 11) is 0. The normalized spacial score (nSPS) is 13.0. The van der Waals surface area contributed by atoms with E-state index in [9.17, 15) is 4.39 Å². The summed E-state index contributed by atoms with van der Waals surface area (Å²) >= 11 is 4.52. The second-order valence-corrected chi connectivity index (χ2v) is 5.66. The molecule has 0 aliphatic heterocycles. The van der Waals surface area contributed by atoms with Crippen LogP contribution in [0, 0.1) is 24.6 Å². The average molecular weight is 307 g/mol. The first-order valence-electron chi connectivity index (χ1n) is 7.17. The molecule has 0 bridgehead atoms. The summed E-state index contributed by atoms with van der Waals surface area (Å²) in [4.78, 5) is 3.74. The minimum absolute atomic E-state index is 0.231. The van der Waals surface area contributed by atoms with Gasteiger partial charge in [-0.3, -0.25) is 0 Å². The van der Waals surface area contributed by atoms with E-state index in [0.717, 1.165) is 11.5 Å². The summed E-state index contributed by atoms with van der Waals surface area (Å²) in [5.41, 5.74) is 3.88. The van der Waals surface area contributed by atoms with Crippen molar-refractivity contribution in [2.24, 2.45) is 4.99 Å². The quantitative estimate of drug-likeness (QED) is 0.425. The molecule has 108 valence electrons. The summed E-state index contributed by atoms with van der Waals surface area (Å²) in [5, 5.41) is 2.19. The van der Waals surface area contributed by atoms with Gasteiger partial charge in [-0.05, 0) is 73.3 Å². The van der Waals surface area contributed by atoms with Crippen LogP contribution in [0.2, 0.25) is 0 Å². The van der Waals surface area contributed by atoms with Crippen LogP contribution in [0.3, 0.4) is 0 Å². The molecule has 0 heterocycles. The lowest BCUT2D eigenvalue weighted by atomic mass is 10.1. The van der Waals surface area contributed by atoms with Crippen molar-refractivity contribution in [3.63, 3.8) is 0 Å². The van der Waals surface area contributed by atoms with Gasteiger partial charge in [0, 0.05) is 11.1 Å².